The van der Waals surface area contributed by atoms with Crippen LogP contribution in [0, 0.1) is 6.92 Å². The van der Waals surface area contributed by atoms with Gasteiger partial charge >= 0.3 is 6.09 Å². The lowest BCUT2D eigenvalue weighted by molar-refractivity contribution is 0.0507. The molecule has 1 atom stereocenters. The second-order valence-electron chi connectivity index (χ2n) is 7.16. The van der Waals surface area contributed by atoms with Gasteiger partial charge in [-0.15, -0.1) is 11.3 Å². The summed E-state index contributed by atoms with van der Waals surface area (Å²) in [4.78, 5) is 22.9. The molecule has 0 aliphatic carbocycles. The normalized spacial score (nSPS) is 18.4. The van der Waals surface area contributed by atoms with Crippen molar-refractivity contribution in [2.75, 3.05) is 26.7 Å². The highest BCUT2D eigenvalue weighted by Gasteiger charge is 2.27. The topological polar surface area (TPSA) is 78.9 Å². The van der Waals surface area contributed by atoms with Crippen molar-refractivity contribution in [3.8, 4) is 0 Å². The third kappa shape index (κ3) is 6.53. The monoisotopic (exact) mass is 367 g/mol. The highest BCUT2D eigenvalue weighted by Crippen LogP contribution is 2.12. The molecule has 1 aliphatic heterocycles. The molecule has 2 N–H and O–H groups in total. The van der Waals surface area contributed by atoms with Crippen LogP contribution in [0.5, 0.6) is 0 Å². The molecule has 1 fully saturated rings. The van der Waals surface area contributed by atoms with Gasteiger partial charge < -0.3 is 20.3 Å². The van der Waals surface area contributed by atoms with E-state index in [1.54, 1.807) is 18.4 Å². The van der Waals surface area contributed by atoms with Crippen molar-refractivity contribution in [3.05, 3.63) is 16.1 Å². The van der Waals surface area contributed by atoms with Gasteiger partial charge in [0.15, 0.2) is 5.96 Å². The fraction of sp³-hybridized carbons (Fsp3) is 0.706. The molecular weight excluding hydrogens is 338 g/mol. The molecule has 140 valence electrons. The Morgan fingerprint density at radius 1 is 1.52 bits per heavy atom. The third-order valence-corrected chi connectivity index (χ3v) is 4.57. The SMILES string of the molecule is CN=C(NCCc1csc(C)n1)N1CCC(NC(=O)OC(C)(C)C)C1. The van der Waals surface area contributed by atoms with E-state index < -0.39 is 5.60 Å². The fourth-order valence-electron chi connectivity index (χ4n) is 2.70. The first-order valence-corrected chi connectivity index (χ1v) is 9.51. The number of carbonyl (C=O) groups is 1. The molecule has 8 heteroatoms. The Morgan fingerprint density at radius 2 is 2.28 bits per heavy atom. The van der Waals surface area contributed by atoms with Crippen molar-refractivity contribution in [2.45, 2.75) is 52.2 Å². The Hall–Kier alpha value is -1.83. The Labute approximate surface area is 153 Å². The number of hydrogen-bond acceptors (Lipinski definition) is 5. The zero-order valence-electron chi connectivity index (χ0n) is 15.8. The molecule has 2 heterocycles. The lowest BCUT2D eigenvalue weighted by Gasteiger charge is -2.23. The molecule has 25 heavy (non-hydrogen) atoms. The highest BCUT2D eigenvalue weighted by atomic mass is 32.1. The summed E-state index contributed by atoms with van der Waals surface area (Å²) in [6, 6.07) is 0.0783. The number of guanidine groups is 1. The molecule has 0 saturated carbocycles. The first-order valence-electron chi connectivity index (χ1n) is 8.63. The van der Waals surface area contributed by atoms with E-state index in [0.717, 1.165) is 49.1 Å². The van der Waals surface area contributed by atoms with Crippen LogP contribution in [0.1, 0.15) is 37.9 Å². The van der Waals surface area contributed by atoms with E-state index in [-0.39, 0.29) is 12.1 Å². The Morgan fingerprint density at radius 3 is 2.88 bits per heavy atom. The molecule has 1 aliphatic rings. The molecule has 1 aromatic rings. The number of aryl methyl sites for hydroxylation is 1. The number of thiazole rings is 1. The van der Waals surface area contributed by atoms with E-state index in [1.165, 1.54) is 0 Å². The Bertz CT molecular complexity index is 608. The van der Waals surface area contributed by atoms with E-state index in [2.05, 4.69) is 30.9 Å². The second kappa shape index (κ2) is 8.51. The summed E-state index contributed by atoms with van der Waals surface area (Å²) in [5.41, 5.74) is 0.630. The summed E-state index contributed by atoms with van der Waals surface area (Å²) in [6.45, 7) is 9.99. The van der Waals surface area contributed by atoms with Crippen molar-refractivity contribution in [1.82, 2.24) is 20.5 Å². The lowest BCUT2D eigenvalue weighted by atomic mass is 10.2. The molecule has 0 spiro atoms. The maximum Gasteiger partial charge on any atom is 0.407 e. The van der Waals surface area contributed by atoms with Gasteiger partial charge in [-0.3, -0.25) is 4.99 Å². The molecular formula is C17H29N5O2S. The van der Waals surface area contributed by atoms with E-state index >= 15 is 0 Å². The third-order valence-electron chi connectivity index (χ3n) is 3.75. The predicted octanol–water partition coefficient (Wildman–Crippen LogP) is 2.17. The van der Waals surface area contributed by atoms with Crippen molar-refractivity contribution in [3.63, 3.8) is 0 Å². The second-order valence-corrected chi connectivity index (χ2v) is 8.22. The zero-order chi connectivity index (χ0) is 18.4. The number of alkyl carbamates (subject to hydrolysis) is 1. The van der Waals surface area contributed by atoms with Crippen LogP contribution in [0.3, 0.4) is 0 Å². The number of carbonyl (C=O) groups excluding carboxylic acids is 1. The summed E-state index contributed by atoms with van der Waals surface area (Å²) in [6.07, 6.45) is 1.39. The van der Waals surface area contributed by atoms with Crippen molar-refractivity contribution in [1.29, 1.82) is 0 Å². The van der Waals surface area contributed by atoms with Crippen LogP contribution in [0.15, 0.2) is 10.4 Å². The molecule has 1 aromatic heterocycles. The van der Waals surface area contributed by atoms with Crippen LogP contribution >= 0.6 is 11.3 Å². The van der Waals surface area contributed by atoms with Crippen molar-refractivity contribution < 1.29 is 9.53 Å². The van der Waals surface area contributed by atoms with Crippen LogP contribution in [0.4, 0.5) is 4.79 Å². The minimum absolute atomic E-state index is 0.0783. The molecule has 1 amide bonds. The average Bonchev–Trinajstić information content (AvgIpc) is 3.11. The number of amides is 1. The number of ether oxygens (including phenoxy) is 1. The first kappa shape index (κ1) is 19.5. The Balaban J connectivity index is 1.75. The van der Waals surface area contributed by atoms with E-state index in [9.17, 15) is 4.79 Å². The molecule has 1 unspecified atom stereocenters. The van der Waals surface area contributed by atoms with Gasteiger partial charge in [0.2, 0.25) is 0 Å². The maximum atomic E-state index is 11.9. The minimum atomic E-state index is -0.478. The lowest BCUT2D eigenvalue weighted by Crippen LogP contribution is -2.44. The molecule has 0 radical (unpaired) electrons. The minimum Gasteiger partial charge on any atom is -0.444 e. The smallest absolute Gasteiger partial charge is 0.407 e. The predicted molar refractivity (Wildman–Crippen MR) is 101 cm³/mol. The van der Waals surface area contributed by atoms with Gasteiger partial charge in [-0.25, -0.2) is 9.78 Å². The number of likely N-dealkylation sites (tertiary alicyclic amines) is 1. The Kier molecular flexibility index (Phi) is 6.64. The van der Waals surface area contributed by atoms with E-state index in [4.69, 9.17) is 4.74 Å². The van der Waals surface area contributed by atoms with Gasteiger partial charge in [-0.1, -0.05) is 0 Å². The van der Waals surface area contributed by atoms with Gasteiger partial charge in [-0.2, -0.15) is 0 Å². The quantitative estimate of drug-likeness (QED) is 0.630. The van der Waals surface area contributed by atoms with Crippen LogP contribution in [-0.2, 0) is 11.2 Å². The number of rotatable bonds is 4. The number of aromatic nitrogens is 1. The van der Waals surface area contributed by atoms with Gasteiger partial charge in [-0.05, 0) is 34.1 Å². The average molecular weight is 368 g/mol. The maximum absolute atomic E-state index is 11.9. The molecule has 0 bridgehead atoms. The molecule has 0 aromatic carbocycles. The van der Waals surface area contributed by atoms with E-state index in [1.807, 2.05) is 27.7 Å². The van der Waals surface area contributed by atoms with Gasteiger partial charge in [0.25, 0.3) is 0 Å². The number of aliphatic imine (C=N–C) groups is 1. The largest absolute Gasteiger partial charge is 0.444 e. The number of hydrogen-bond donors (Lipinski definition) is 2. The van der Waals surface area contributed by atoms with E-state index in [0.29, 0.717) is 0 Å². The zero-order valence-corrected chi connectivity index (χ0v) is 16.6. The highest BCUT2D eigenvalue weighted by molar-refractivity contribution is 7.09. The standard InChI is InChI=1S/C17H29N5O2S/c1-12-20-14(11-25-12)6-8-19-15(18-5)22-9-7-13(10-22)21-16(23)24-17(2,3)4/h11,13H,6-10H2,1-5H3,(H,18,19)(H,21,23). The van der Waals surface area contributed by atoms with Crippen molar-refractivity contribution in [2.24, 2.45) is 4.99 Å². The van der Waals surface area contributed by atoms with Gasteiger partial charge in [0.1, 0.15) is 5.60 Å². The number of nitrogens with one attached hydrogen (secondary N) is 2. The van der Waals surface area contributed by atoms with Gasteiger partial charge in [0.05, 0.1) is 16.7 Å². The number of nitrogens with zero attached hydrogens (tertiary/aromatic N) is 3. The summed E-state index contributed by atoms with van der Waals surface area (Å²) >= 11 is 1.67. The fourth-order valence-corrected chi connectivity index (χ4v) is 3.35. The van der Waals surface area contributed by atoms with Crippen LogP contribution in [0.25, 0.3) is 0 Å². The van der Waals surface area contributed by atoms with Crippen LogP contribution < -0.4 is 10.6 Å². The van der Waals surface area contributed by atoms with Crippen molar-refractivity contribution >= 4 is 23.4 Å². The summed E-state index contributed by atoms with van der Waals surface area (Å²) in [7, 11) is 1.78. The van der Waals surface area contributed by atoms with Crippen LogP contribution in [-0.4, -0.2) is 60.3 Å². The molecule has 7 nitrogen and oxygen atoms in total. The summed E-state index contributed by atoms with van der Waals surface area (Å²) in [5.74, 6) is 0.862. The first-order chi connectivity index (χ1) is 11.8. The molecule has 2 rings (SSSR count). The molecule has 1 saturated heterocycles. The van der Waals surface area contributed by atoms with Gasteiger partial charge in [0, 0.05) is 38.5 Å². The summed E-state index contributed by atoms with van der Waals surface area (Å²) < 4.78 is 5.32. The summed E-state index contributed by atoms with van der Waals surface area (Å²) in [5, 5.41) is 9.50. The van der Waals surface area contributed by atoms with Crippen LogP contribution in [0.2, 0.25) is 0 Å².